The summed E-state index contributed by atoms with van der Waals surface area (Å²) in [7, 11) is 0. The molecule has 1 aromatic carbocycles. The Hall–Kier alpha value is -3.26. The monoisotopic (exact) mass is 477 g/mol. The van der Waals surface area contributed by atoms with E-state index >= 15 is 0 Å². The first-order chi connectivity index (χ1) is 16.4. The van der Waals surface area contributed by atoms with Gasteiger partial charge in [-0.25, -0.2) is 19.3 Å². The molecule has 1 aliphatic carbocycles. The van der Waals surface area contributed by atoms with Gasteiger partial charge in [0.05, 0.1) is 6.04 Å². The van der Waals surface area contributed by atoms with Crippen LogP contribution in [0.2, 0.25) is 5.15 Å². The molecule has 0 amide bonds. The van der Waals surface area contributed by atoms with E-state index in [9.17, 15) is 4.39 Å². The van der Waals surface area contributed by atoms with Crippen LogP contribution >= 0.6 is 11.6 Å². The van der Waals surface area contributed by atoms with Gasteiger partial charge < -0.3 is 15.1 Å². The van der Waals surface area contributed by atoms with Crippen LogP contribution in [0.3, 0.4) is 0 Å². The van der Waals surface area contributed by atoms with Gasteiger partial charge in [0.15, 0.2) is 0 Å². The molecule has 2 aromatic heterocycles. The summed E-state index contributed by atoms with van der Waals surface area (Å²) >= 11 is 6.64. The smallest absolute Gasteiger partial charge is 0.226 e. The molecule has 3 aromatic rings. The van der Waals surface area contributed by atoms with Gasteiger partial charge in [0.25, 0.3) is 0 Å². The van der Waals surface area contributed by atoms with Crippen molar-refractivity contribution >= 4 is 34.9 Å². The van der Waals surface area contributed by atoms with Gasteiger partial charge >= 0.3 is 0 Å². The van der Waals surface area contributed by atoms with E-state index in [0.29, 0.717) is 29.5 Å². The van der Waals surface area contributed by atoms with Crippen molar-refractivity contribution in [1.82, 2.24) is 19.9 Å². The van der Waals surface area contributed by atoms with Crippen molar-refractivity contribution in [1.29, 1.82) is 0 Å². The van der Waals surface area contributed by atoms with E-state index in [-0.39, 0.29) is 17.8 Å². The van der Waals surface area contributed by atoms with Gasteiger partial charge in [-0.3, -0.25) is 0 Å². The van der Waals surface area contributed by atoms with E-state index in [1.807, 2.05) is 13.0 Å². The standard InChI is InChI=1S/C25H25ClFN7/c1-13-9-34(17-6-4-16(27)5-7-17)24-21(13)23(26)31-25(32-24)30-22-15(3)18-10-33(11-19(18)22)20-8-14(2)28-12-29-20/h4-8,12-13,18-19,22H,3,9-11H2,1-2H3,(H,30,31,32)/t13-,18?,19?,22?/m0/s1. The molecule has 0 bridgehead atoms. The Labute approximate surface area is 202 Å². The Balaban J connectivity index is 1.25. The van der Waals surface area contributed by atoms with E-state index in [1.54, 1.807) is 18.5 Å². The van der Waals surface area contributed by atoms with Gasteiger partial charge in [-0.05, 0) is 36.8 Å². The molecule has 4 atom stereocenters. The fourth-order valence-electron chi connectivity index (χ4n) is 5.51. The number of nitrogens with zero attached hydrogens (tertiary/aromatic N) is 6. The molecule has 4 heterocycles. The van der Waals surface area contributed by atoms with Crippen LogP contribution in [0.25, 0.3) is 0 Å². The lowest BCUT2D eigenvalue weighted by atomic mass is 9.68. The first-order valence-electron chi connectivity index (χ1n) is 11.5. The molecule has 3 unspecified atom stereocenters. The molecular weight excluding hydrogens is 453 g/mol. The van der Waals surface area contributed by atoms with Crippen LogP contribution in [0, 0.1) is 24.6 Å². The Morgan fingerprint density at radius 3 is 2.68 bits per heavy atom. The molecule has 2 aliphatic heterocycles. The second-order valence-corrected chi connectivity index (χ2v) is 9.81. The number of aryl methyl sites for hydroxylation is 1. The van der Waals surface area contributed by atoms with E-state index in [0.717, 1.165) is 47.2 Å². The summed E-state index contributed by atoms with van der Waals surface area (Å²) in [5, 5.41) is 3.95. The summed E-state index contributed by atoms with van der Waals surface area (Å²) in [6, 6.07) is 8.55. The zero-order valence-electron chi connectivity index (χ0n) is 19.0. The van der Waals surface area contributed by atoms with Crippen LogP contribution in [0.4, 0.5) is 27.7 Å². The lowest BCUT2D eigenvalue weighted by molar-refractivity contribution is 0.320. The number of anilines is 4. The molecular formula is C25H25ClFN7. The van der Waals surface area contributed by atoms with Crippen molar-refractivity contribution in [2.75, 3.05) is 34.8 Å². The SMILES string of the molecule is C=C1C2CN(c3cc(C)ncn3)CC2C1Nc1nc(Cl)c2c(n1)N(c1ccc(F)cc1)C[C@@H]2C. The fraction of sp³-hybridized carbons (Fsp3) is 0.360. The molecule has 0 spiro atoms. The van der Waals surface area contributed by atoms with Crippen LogP contribution in [-0.2, 0) is 0 Å². The van der Waals surface area contributed by atoms with Crippen molar-refractivity contribution < 1.29 is 4.39 Å². The second-order valence-electron chi connectivity index (χ2n) is 9.45. The average Bonchev–Trinajstić information content (AvgIpc) is 3.37. The summed E-state index contributed by atoms with van der Waals surface area (Å²) in [4.78, 5) is 22.5. The molecule has 174 valence electrons. The molecule has 1 N–H and O–H groups in total. The quantitative estimate of drug-likeness (QED) is 0.430. The van der Waals surface area contributed by atoms with Crippen molar-refractivity contribution in [2.45, 2.75) is 25.8 Å². The highest BCUT2D eigenvalue weighted by Crippen LogP contribution is 2.48. The molecule has 7 nitrogen and oxygen atoms in total. The molecule has 1 saturated heterocycles. The zero-order chi connectivity index (χ0) is 23.6. The summed E-state index contributed by atoms with van der Waals surface area (Å²) in [6.07, 6.45) is 1.61. The summed E-state index contributed by atoms with van der Waals surface area (Å²) in [5.74, 6) is 2.93. The van der Waals surface area contributed by atoms with Crippen LogP contribution < -0.4 is 15.1 Å². The van der Waals surface area contributed by atoms with Gasteiger partial charge in [-0.1, -0.05) is 25.1 Å². The van der Waals surface area contributed by atoms with Gasteiger partial charge in [-0.2, -0.15) is 4.98 Å². The maximum absolute atomic E-state index is 13.5. The summed E-state index contributed by atoms with van der Waals surface area (Å²) in [5.41, 5.74) is 3.92. The van der Waals surface area contributed by atoms with E-state index in [1.165, 1.54) is 12.1 Å². The van der Waals surface area contributed by atoms with Crippen LogP contribution in [0.15, 0.2) is 48.8 Å². The summed E-state index contributed by atoms with van der Waals surface area (Å²) in [6.45, 7) is 10.9. The Morgan fingerprint density at radius 1 is 1.12 bits per heavy atom. The lowest BCUT2D eigenvalue weighted by Crippen LogP contribution is -2.48. The van der Waals surface area contributed by atoms with Crippen LogP contribution in [0.1, 0.15) is 24.1 Å². The number of rotatable bonds is 4. The highest BCUT2D eigenvalue weighted by atomic mass is 35.5. The maximum atomic E-state index is 13.5. The molecule has 6 rings (SSSR count). The number of halogens is 2. The first-order valence-corrected chi connectivity index (χ1v) is 11.9. The van der Waals surface area contributed by atoms with Gasteiger partial charge in [0, 0.05) is 60.4 Å². The third kappa shape index (κ3) is 3.39. The number of benzene rings is 1. The van der Waals surface area contributed by atoms with Crippen molar-refractivity contribution in [2.24, 2.45) is 11.8 Å². The van der Waals surface area contributed by atoms with Crippen molar-refractivity contribution in [3.8, 4) is 0 Å². The molecule has 9 heteroatoms. The second kappa shape index (κ2) is 7.91. The minimum Gasteiger partial charge on any atom is -0.356 e. The van der Waals surface area contributed by atoms with Crippen molar-refractivity contribution in [3.63, 3.8) is 0 Å². The van der Waals surface area contributed by atoms with Gasteiger partial charge in [0.2, 0.25) is 5.95 Å². The largest absolute Gasteiger partial charge is 0.356 e. The predicted molar refractivity (Wildman–Crippen MR) is 131 cm³/mol. The van der Waals surface area contributed by atoms with Gasteiger partial charge in [-0.15, -0.1) is 0 Å². The molecule has 0 radical (unpaired) electrons. The predicted octanol–water partition coefficient (Wildman–Crippen LogP) is 4.73. The number of fused-ring (bicyclic) bond motifs is 2. The molecule has 34 heavy (non-hydrogen) atoms. The summed E-state index contributed by atoms with van der Waals surface area (Å²) < 4.78 is 13.5. The zero-order valence-corrected chi connectivity index (χ0v) is 19.8. The molecule has 1 saturated carbocycles. The van der Waals surface area contributed by atoms with Crippen LogP contribution in [-0.4, -0.2) is 45.6 Å². The Kier molecular flexibility index (Phi) is 4.95. The Bertz CT molecular complexity index is 1280. The lowest BCUT2D eigenvalue weighted by Gasteiger charge is -2.42. The highest BCUT2D eigenvalue weighted by Gasteiger charge is 2.51. The topological polar surface area (TPSA) is 70.1 Å². The van der Waals surface area contributed by atoms with E-state index in [4.69, 9.17) is 16.6 Å². The molecule has 2 fully saturated rings. The third-order valence-electron chi connectivity index (χ3n) is 7.29. The van der Waals surface area contributed by atoms with Gasteiger partial charge in [0.1, 0.15) is 28.9 Å². The van der Waals surface area contributed by atoms with E-state index in [2.05, 4.69) is 43.6 Å². The highest BCUT2D eigenvalue weighted by molar-refractivity contribution is 6.30. The first kappa shape index (κ1) is 21.3. The maximum Gasteiger partial charge on any atom is 0.226 e. The molecule has 3 aliphatic rings. The van der Waals surface area contributed by atoms with Crippen molar-refractivity contribution in [3.05, 3.63) is 71.0 Å². The van der Waals surface area contributed by atoms with E-state index < -0.39 is 0 Å². The van der Waals surface area contributed by atoms with Crippen LogP contribution in [0.5, 0.6) is 0 Å². The number of nitrogens with one attached hydrogen (secondary N) is 1. The average molecular weight is 478 g/mol. The third-order valence-corrected chi connectivity index (χ3v) is 7.58. The minimum absolute atomic E-state index is 0.0742. The number of aromatic nitrogens is 4. The number of hydrogen-bond acceptors (Lipinski definition) is 7. The number of hydrogen-bond donors (Lipinski definition) is 1. The minimum atomic E-state index is -0.264. The fourth-order valence-corrected chi connectivity index (χ4v) is 5.86. The Morgan fingerprint density at radius 2 is 1.91 bits per heavy atom. The normalized spacial score (nSPS) is 25.2.